The second-order valence-electron chi connectivity index (χ2n) is 6.24. The molecule has 0 amide bonds. The van der Waals surface area contributed by atoms with Crippen LogP contribution in [0.25, 0.3) is 0 Å². The fourth-order valence-electron chi connectivity index (χ4n) is 2.48. The van der Waals surface area contributed by atoms with Crippen LogP contribution in [0.15, 0.2) is 24.3 Å². The van der Waals surface area contributed by atoms with Crippen LogP contribution in [-0.4, -0.2) is 37.2 Å². The largest absolute Gasteiger partial charge is 0.375 e. The molecule has 2 aliphatic carbocycles. The van der Waals surface area contributed by atoms with Crippen molar-refractivity contribution in [2.24, 2.45) is 0 Å². The highest BCUT2D eigenvalue weighted by molar-refractivity contribution is 5.23. The predicted molar refractivity (Wildman–Crippen MR) is 81.6 cm³/mol. The molecule has 2 fully saturated rings. The Balaban J connectivity index is 1.36. The summed E-state index contributed by atoms with van der Waals surface area (Å²) < 4.78 is 5.80. The van der Waals surface area contributed by atoms with Crippen molar-refractivity contribution in [3.8, 4) is 0 Å². The number of hydrogen-bond donors (Lipinski definition) is 1. The zero-order valence-electron chi connectivity index (χ0n) is 12.5. The van der Waals surface area contributed by atoms with E-state index in [1.165, 1.54) is 36.8 Å². The van der Waals surface area contributed by atoms with Gasteiger partial charge in [0, 0.05) is 25.2 Å². The van der Waals surface area contributed by atoms with Crippen LogP contribution >= 0.6 is 0 Å². The van der Waals surface area contributed by atoms with Crippen molar-refractivity contribution in [1.82, 2.24) is 10.2 Å². The van der Waals surface area contributed by atoms with Gasteiger partial charge in [-0.15, -0.1) is 0 Å². The van der Waals surface area contributed by atoms with E-state index < -0.39 is 0 Å². The normalized spacial score (nSPS) is 18.7. The van der Waals surface area contributed by atoms with Gasteiger partial charge in [0.05, 0.1) is 13.2 Å². The number of nitrogens with one attached hydrogen (secondary N) is 1. The maximum Gasteiger partial charge on any atom is 0.0717 e. The lowest BCUT2D eigenvalue weighted by Crippen LogP contribution is -2.25. The Hall–Kier alpha value is -0.900. The molecule has 0 spiro atoms. The summed E-state index contributed by atoms with van der Waals surface area (Å²) in [6.07, 6.45) is 5.42. The van der Waals surface area contributed by atoms with Crippen LogP contribution in [-0.2, 0) is 17.9 Å². The lowest BCUT2D eigenvalue weighted by Gasteiger charge is -2.15. The molecule has 2 saturated carbocycles. The summed E-state index contributed by atoms with van der Waals surface area (Å²) in [7, 11) is 2.20. The van der Waals surface area contributed by atoms with Gasteiger partial charge in [0.25, 0.3) is 0 Å². The number of rotatable bonds is 9. The van der Waals surface area contributed by atoms with Gasteiger partial charge in [-0.1, -0.05) is 24.3 Å². The van der Waals surface area contributed by atoms with Crippen molar-refractivity contribution in [3.63, 3.8) is 0 Å². The number of nitrogens with zero attached hydrogens (tertiary/aromatic N) is 1. The van der Waals surface area contributed by atoms with Crippen LogP contribution in [0.4, 0.5) is 0 Å². The van der Waals surface area contributed by atoms with Gasteiger partial charge in [-0.2, -0.15) is 0 Å². The first-order valence-electron chi connectivity index (χ1n) is 7.90. The molecule has 3 rings (SSSR count). The maximum atomic E-state index is 5.80. The first-order valence-corrected chi connectivity index (χ1v) is 7.90. The molecular weight excluding hydrogens is 248 g/mol. The van der Waals surface area contributed by atoms with Crippen molar-refractivity contribution in [1.29, 1.82) is 0 Å². The highest BCUT2D eigenvalue weighted by Crippen LogP contribution is 2.24. The standard InChI is InChI=1S/C17H26N2O/c1-19(17-7-8-17)9-10-20-13-15-4-2-3-14(11-15)12-18-16-5-6-16/h2-4,11,16-18H,5-10,12-13H2,1H3. The van der Waals surface area contributed by atoms with Crippen molar-refractivity contribution in [2.45, 2.75) is 50.9 Å². The Labute approximate surface area is 122 Å². The van der Waals surface area contributed by atoms with Gasteiger partial charge < -0.3 is 15.0 Å². The van der Waals surface area contributed by atoms with Crippen molar-refractivity contribution in [2.75, 3.05) is 20.2 Å². The molecule has 0 bridgehead atoms. The molecule has 0 radical (unpaired) electrons. The number of ether oxygens (including phenoxy) is 1. The highest BCUT2D eigenvalue weighted by atomic mass is 16.5. The van der Waals surface area contributed by atoms with E-state index >= 15 is 0 Å². The van der Waals surface area contributed by atoms with Crippen LogP contribution in [0, 0.1) is 0 Å². The fourth-order valence-corrected chi connectivity index (χ4v) is 2.48. The Morgan fingerprint density at radius 2 is 2.00 bits per heavy atom. The summed E-state index contributed by atoms with van der Waals surface area (Å²) in [5.41, 5.74) is 2.65. The Morgan fingerprint density at radius 1 is 1.20 bits per heavy atom. The molecule has 20 heavy (non-hydrogen) atoms. The molecule has 0 heterocycles. The number of benzene rings is 1. The van der Waals surface area contributed by atoms with Gasteiger partial charge in [0.2, 0.25) is 0 Å². The van der Waals surface area contributed by atoms with Crippen LogP contribution in [0.2, 0.25) is 0 Å². The zero-order valence-corrected chi connectivity index (χ0v) is 12.5. The van der Waals surface area contributed by atoms with E-state index in [0.29, 0.717) is 0 Å². The number of hydrogen-bond acceptors (Lipinski definition) is 3. The topological polar surface area (TPSA) is 24.5 Å². The van der Waals surface area contributed by atoms with Crippen LogP contribution < -0.4 is 5.32 Å². The van der Waals surface area contributed by atoms with E-state index in [9.17, 15) is 0 Å². The third-order valence-corrected chi connectivity index (χ3v) is 4.19. The summed E-state index contributed by atoms with van der Waals surface area (Å²) in [6.45, 7) is 3.60. The minimum absolute atomic E-state index is 0.732. The third kappa shape index (κ3) is 4.58. The molecule has 2 aliphatic rings. The SMILES string of the molecule is CN(CCOCc1cccc(CNC2CC2)c1)C1CC1. The first-order chi connectivity index (χ1) is 9.81. The molecule has 1 aromatic carbocycles. The molecular formula is C17H26N2O. The summed E-state index contributed by atoms with van der Waals surface area (Å²) >= 11 is 0. The minimum Gasteiger partial charge on any atom is -0.375 e. The molecule has 3 nitrogen and oxygen atoms in total. The molecule has 0 atom stereocenters. The highest BCUT2D eigenvalue weighted by Gasteiger charge is 2.25. The lowest BCUT2D eigenvalue weighted by molar-refractivity contribution is 0.0978. The molecule has 1 N–H and O–H groups in total. The smallest absolute Gasteiger partial charge is 0.0717 e. The second-order valence-corrected chi connectivity index (χ2v) is 6.24. The molecule has 3 heteroatoms. The number of likely N-dealkylation sites (N-methyl/N-ethyl adjacent to an activating group) is 1. The maximum absolute atomic E-state index is 5.80. The average Bonchev–Trinajstić information content (AvgIpc) is 3.34. The molecule has 1 aromatic rings. The Kier molecular flexibility index (Phi) is 4.71. The quantitative estimate of drug-likeness (QED) is 0.700. The first kappa shape index (κ1) is 14.1. The monoisotopic (exact) mass is 274 g/mol. The fraction of sp³-hybridized carbons (Fsp3) is 0.647. The van der Waals surface area contributed by atoms with Crippen LogP contribution in [0.5, 0.6) is 0 Å². The molecule has 0 aliphatic heterocycles. The second kappa shape index (κ2) is 6.70. The zero-order chi connectivity index (χ0) is 13.8. The van der Waals surface area contributed by atoms with E-state index in [-0.39, 0.29) is 0 Å². The van der Waals surface area contributed by atoms with E-state index in [4.69, 9.17) is 4.74 Å². The van der Waals surface area contributed by atoms with Gasteiger partial charge >= 0.3 is 0 Å². The molecule has 0 aromatic heterocycles. The van der Waals surface area contributed by atoms with Crippen molar-refractivity contribution >= 4 is 0 Å². The minimum atomic E-state index is 0.732. The van der Waals surface area contributed by atoms with E-state index in [2.05, 4.69) is 41.5 Å². The predicted octanol–water partition coefficient (Wildman–Crippen LogP) is 2.55. The van der Waals surface area contributed by atoms with Gasteiger partial charge in [-0.05, 0) is 43.9 Å². The molecule has 110 valence electrons. The van der Waals surface area contributed by atoms with E-state index in [1.807, 2.05) is 0 Å². The summed E-state index contributed by atoms with van der Waals surface area (Å²) in [4.78, 5) is 2.41. The van der Waals surface area contributed by atoms with Crippen LogP contribution in [0.3, 0.4) is 0 Å². The average molecular weight is 274 g/mol. The Bertz CT molecular complexity index is 427. The van der Waals surface area contributed by atoms with Gasteiger partial charge in [-0.25, -0.2) is 0 Å². The van der Waals surface area contributed by atoms with Crippen molar-refractivity contribution in [3.05, 3.63) is 35.4 Å². The summed E-state index contributed by atoms with van der Waals surface area (Å²) in [6, 6.07) is 10.4. The van der Waals surface area contributed by atoms with E-state index in [1.54, 1.807) is 0 Å². The molecule has 0 unspecified atom stereocenters. The van der Waals surface area contributed by atoms with E-state index in [0.717, 1.165) is 38.4 Å². The van der Waals surface area contributed by atoms with Gasteiger partial charge in [-0.3, -0.25) is 0 Å². The van der Waals surface area contributed by atoms with Crippen molar-refractivity contribution < 1.29 is 4.74 Å². The van der Waals surface area contributed by atoms with Gasteiger partial charge in [0.1, 0.15) is 0 Å². The summed E-state index contributed by atoms with van der Waals surface area (Å²) in [5.74, 6) is 0. The Morgan fingerprint density at radius 3 is 2.75 bits per heavy atom. The van der Waals surface area contributed by atoms with Crippen LogP contribution in [0.1, 0.15) is 36.8 Å². The van der Waals surface area contributed by atoms with Gasteiger partial charge in [0.15, 0.2) is 0 Å². The molecule has 0 saturated heterocycles. The lowest BCUT2D eigenvalue weighted by atomic mass is 10.1. The third-order valence-electron chi connectivity index (χ3n) is 4.19. The summed E-state index contributed by atoms with van der Waals surface area (Å²) in [5, 5.41) is 3.55.